The van der Waals surface area contributed by atoms with E-state index in [-0.39, 0.29) is 5.95 Å². The Bertz CT molecular complexity index is 1010. The van der Waals surface area contributed by atoms with Gasteiger partial charge in [-0.25, -0.2) is 4.98 Å². The van der Waals surface area contributed by atoms with Crippen LogP contribution in [0.3, 0.4) is 0 Å². The Balaban J connectivity index is 1.53. The van der Waals surface area contributed by atoms with E-state index in [1.807, 2.05) is 24.3 Å². The highest BCUT2D eigenvalue weighted by atomic mass is 16.6. The van der Waals surface area contributed by atoms with Crippen LogP contribution >= 0.6 is 0 Å². The molecule has 4 rings (SSSR count). The van der Waals surface area contributed by atoms with Crippen LogP contribution in [-0.4, -0.2) is 73.4 Å². The standard InChI is InChI=1S/C19H24N6O5/c1-29-11-4-2-10(3-5-11)6-7-21-16-13-17(24-19(20)23-16)25(9-22-13)18-15(28)14(27)12(8-26)30-18/h2-5,9,12,14-15,18,26-28H,6-8H2,1H3,(H3,20,21,23,24)/t12-,14-,15-,18-/m1/s1. The van der Waals surface area contributed by atoms with E-state index >= 15 is 0 Å². The van der Waals surface area contributed by atoms with Gasteiger partial charge >= 0.3 is 0 Å². The van der Waals surface area contributed by atoms with Crippen molar-refractivity contribution in [2.24, 2.45) is 0 Å². The summed E-state index contributed by atoms with van der Waals surface area (Å²) in [5, 5.41) is 32.8. The first-order valence-electron chi connectivity index (χ1n) is 9.51. The van der Waals surface area contributed by atoms with Crippen LogP contribution in [-0.2, 0) is 11.2 Å². The minimum absolute atomic E-state index is 0.0305. The van der Waals surface area contributed by atoms with Gasteiger partial charge in [0.15, 0.2) is 23.2 Å². The summed E-state index contributed by atoms with van der Waals surface area (Å²) in [6.45, 7) is 0.162. The molecule has 0 spiro atoms. The Hall–Kier alpha value is -2.99. The highest BCUT2D eigenvalue weighted by molar-refractivity contribution is 5.84. The molecule has 2 aromatic heterocycles. The van der Waals surface area contributed by atoms with Crippen LogP contribution in [0.1, 0.15) is 11.8 Å². The quantitative estimate of drug-likeness (QED) is 0.345. The Morgan fingerprint density at radius 3 is 2.63 bits per heavy atom. The summed E-state index contributed by atoms with van der Waals surface area (Å²) >= 11 is 0. The van der Waals surface area contributed by atoms with Crippen LogP contribution in [0.15, 0.2) is 30.6 Å². The third-order valence-corrected chi connectivity index (χ3v) is 5.10. The third-order valence-electron chi connectivity index (χ3n) is 5.10. The Morgan fingerprint density at radius 2 is 1.97 bits per heavy atom. The lowest BCUT2D eigenvalue weighted by molar-refractivity contribution is -0.0511. The number of imidazole rings is 1. The fourth-order valence-electron chi connectivity index (χ4n) is 3.47. The predicted molar refractivity (Wildman–Crippen MR) is 108 cm³/mol. The summed E-state index contributed by atoms with van der Waals surface area (Å²) in [5.74, 6) is 1.28. The van der Waals surface area contributed by atoms with Gasteiger partial charge in [-0.05, 0) is 24.1 Å². The highest BCUT2D eigenvalue weighted by Gasteiger charge is 2.44. The maximum atomic E-state index is 10.3. The number of nitrogen functional groups attached to an aromatic ring is 1. The molecule has 1 saturated heterocycles. The molecule has 11 nitrogen and oxygen atoms in total. The number of methoxy groups -OCH3 is 1. The SMILES string of the molecule is COc1ccc(CCNc2nc(N)nc3c2ncn3[C@@H]2O[C@H](CO)[C@@H](O)[C@H]2O)cc1. The molecule has 11 heteroatoms. The largest absolute Gasteiger partial charge is 0.497 e. The van der Waals surface area contributed by atoms with Crippen LogP contribution in [0, 0.1) is 0 Å². The molecule has 0 bridgehead atoms. The maximum Gasteiger partial charge on any atom is 0.224 e. The predicted octanol–water partition coefficient (Wildman–Crippen LogP) is -0.317. The Labute approximate surface area is 172 Å². The van der Waals surface area contributed by atoms with Crippen molar-refractivity contribution in [1.29, 1.82) is 0 Å². The summed E-state index contributed by atoms with van der Waals surface area (Å²) < 4.78 is 12.2. The van der Waals surface area contributed by atoms with Crippen molar-refractivity contribution in [3.8, 4) is 5.75 Å². The van der Waals surface area contributed by atoms with Gasteiger partial charge in [-0.1, -0.05) is 12.1 Å². The van der Waals surface area contributed by atoms with Gasteiger partial charge in [-0.15, -0.1) is 0 Å². The number of rotatable bonds is 7. The number of hydrogen-bond acceptors (Lipinski definition) is 10. The van der Waals surface area contributed by atoms with Gasteiger partial charge in [0, 0.05) is 6.54 Å². The molecule has 0 amide bonds. The van der Waals surface area contributed by atoms with Crippen molar-refractivity contribution in [2.75, 3.05) is 31.3 Å². The zero-order chi connectivity index (χ0) is 21.3. The van der Waals surface area contributed by atoms with Gasteiger partial charge in [-0.3, -0.25) is 4.57 Å². The second kappa shape index (κ2) is 8.40. The summed E-state index contributed by atoms with van der Waals surface area (Å²) in [6, 6.07) is 7.78. The Morgan fingerprint density at radius 1 is 1.20 bits per heavy atom. The molecule has 1 aromatic carbocycles. The minimum Gasteiger partial charge on any atom is -0.497 e. The first kappa shape index (κ1) is 20.3. The summed E-state index contributed by atoms with van der Waals surface area (Å²) in [4.78, 5) is 12.8. The molecule has 1 aliphatic heterocycles. The molecule has 0 saturated carbocycles. The van der Waals surface area contributed by atoms with Crippen molar-refractivity contribution in [2.45, 2.75) is 31.0 Å². The number of aliphatic hydroxyl groups is 3. The maximum absolute atomic E-state index is 10.3. The number of nitrogens with two attached hydrogens (primary N) is 1. The van der Waals surface area contributed by atoms with E-state index in [2.05, 4.69) is 20.3 Å². The van der Waals surface area contributed by atoms with Gasteiger partial charge in [0.1, 0.15) is 24.1 Å². The molecular formula is C19H24N6O5. The number of aliphatic hydroxyl groups excluding tert-OH is 3. The van der Waals surface area contributed by atoms with Crippen LogP contribution in [0.2, 0.25) is 0 Å². The van der Waals surface area contributed by atoms with Gasteiger partial charge < -0.3 is 35.8 Å². The normalized spacial score (nSPS) is 23.7. The molecule has 3 aromatic rings. The average molecular weight is 416 g/mol. The van der Waals surface area contributed by atoms with Crippen molar-refractivity contribution >= 4 is 22.9 Å². The molecule has 0 aliphatic carbocycles. The number of nitrogens with one attached hydrogen (secondary N) is 1. The Kier molecular flexibility index (Phi) is 5.68. The van der Waals surface area contributed by atoms with Crippen LogP contribution in [0.4, 0.5) is 11.8 Å². The van der Waals surface area contributed by atoms with Gasteiger partial charge in [0.05, 0.1) is 20.0 Å². The summed E-state index contributed by atoms with van der Waals surface area (Å²) in [7, 11) is 1.63. The number of ether oxygens (including phenoxy) is 2. The van der Waals surface area contributed by atoms with Gasteiger partial charge in [0.25, 0.3) is 0 Å². The molecule has 0 unspecified atom stereocenters. The molecule has 160 valence electrons. The van der Waals surface area contributed by atoms with Crippen molar-refractivity contribution in [3.05, 3.63) is 36.2 Å². The van der Waals surface area contributed by atoms with Crippen molar-refractivity contribution in [3.63, 3.8) is 0 Å². The summed E-state index contributed by atoms with van der Waals surface area (Å²) in [6.07, 6.45) is -2.15. The minimum atomic E-state index is -1.25. The van der Waals surface area contributed by atoms with Crippen LogP contribution in [0.25, 0.3) is 11.2 Å². The molecular weight excluding hydrogens is 392 g/mol. The molecule has 6 N–H and O–H groups in total. The zero-order valence-electron chi connectivity index (χ0n) is 16.3. The molecule has 3 heterocycles. The van der Waals surface area contributed by atoms with Crippen LogP contribution in [0.5, 0.6) is 5.75 Å². The van der Waals surface area contributed by atoms with Gasteiger partial charge in [0.2, 0.25) is 5.95 Å². The molecule has 1 aliphatic rings. The fourth-order valence-corrected chi connectivity index (χ4v) is 3.47. The first-order valence-corrected chi connectivity index (χ1v) is 9.51. The number of aromatic nitrogens is 4. The van der Waals surface area contributed by atoms with E-state index in [1.165, 1.54) is 10.9 Å². The number of fused-ring (bicyclic) bond motifs is 1. The van der Waals surface area contributed by atoms with E-state index in [0.717, 1.165) is 17.7 Å². The van der Waals surface area contributed by atoms with Gasteiger partial charge in [-0.2, -0.15) is 9.97 Å². The smallest absolute Gasteiger partial charge is 0.224 e. The highest BCUT2D eigenvalue weighted by Crippen LogP contribution is 2.32. The molecule has 0 radical (unpaired) electrons. The fraction of sp³-hybridized carbons (Fsp3) is 0.421. The van der Waals surface area contributed by atoms with E-state index in [9.17, 15) is 15.3 Å². The lowest BCUT2D eigenvalue weighted by Gasteiger charge is -2.16. The zero-order valence-corrected chi connectivity index (χ0v) is 16.3. The number of nitrogens with zero attached hydrogens (tertiary/aromatic N) is 4. The number of benzene rings is 1. The first-order chi connectivity index (χ1) is 14.5. The number of anilines is 2. The average Bonchev–Trinajstić information content (AvgIpc) is 3.29. The topological polar surface area (TPSA) is 161 Å². The lowest BCUT2D eigenvalue weighted by Crippen LogP contribution is -2.33. The summed E-state index contributed by atoms with van der Waals surface area (Å²) in [5.41, 5.74) is 7.80. The van der Waals surface area contributed by atoms with Crippen LogP contribution < -0.4 is 15.8 Å². The van der Waals surface area contributed by atoms with E-state index < -0.39 is 31.1 Å². The lowest BCUT2D eigenvalue weighted by atomic mass is 10.1. The monoisotopic (exact) mass is 416 g/mol. The number of hydrogen-bond donors (Lipinski definition) is 5. The molecule has 4 atom stereocenters. The van der Waals surface area contributed by atoms with E-state index in [4.69, 9.17) is 15.2 Å². The van der Waals surface area contributed by atoms with E-state index in [1.54, 1.807) is 7.11 Å². The molecule has 30 heavy (non-hydrogen) atoms. The van der Waals surface area contributed by atoms with E-state index in [0.29, 0.717) is 23.5 Å². The molecule has 1 fully saturated rings. The second-order valence-electron chi connectivity index (χ2n) is 7.01. The third kappa shape index (κ3) is 3.75. The van der Waals surface area contributed by atoms with Crippen molar-refractivity contribution < 1.29 is 24.8 Å². The second-order valence-corrected chi connectivity index (χ2v) is 7.01. The van der Waals surface area contributed by atoms with Crippen molar-refractivity contribution in [1.82, 2.24) is 19.5 Å².